The van der Waals surface area contributed by atoms with Crippen LogP contribution in [0.25, 0.3) is 33.2 Å². The number of benzene rings is 5. The first-order chi connectivity index (χ1) is 21.1. The predicted molar refractivity (Wildman–Crippen MR) is 180 cm³/mol. The molecule has 3 heterocycles. The van der Waals surface area contributed by atoms with E-state index >= 15 is 0 Å². The summed E-state index contributed by atoms with van der Waals surface area (Å²) in [4.78, 5) is 8.12. The molecule has 8 rings (SSSR count). The molecule has 1 N–H and O–H groups in total. The highest BCUT2D eigenvalue weighted by Crippen LogP contribution is 2.53. The molecule has 0 saturated heterocycles. The zero-order chi connectivity index (χ0) is 29.1. The molecule has 0 spiro atoms. The average Bonchev–Trinajstić information content (AvgIpc) is 3.22. The summed E-state index contributed by atoms with van der Waals surface area (Å²) in [6.45, 7) is 6.85. The van der Waals surface area contributed by atoms with E-state index in [1.165, 1.54) is 65.3 Å². The number of rotatable bonds is 2. The fourth-order valence-corrected chi connectivity index (χ4v) is 8.22. The van der Waals surface area contributed by atoms with Crippen LogP contribution in [-0.2, 0) is 0 Å². The van der Waals surface area contributed by atoms with Crippen LogP contribution >= 0.6 is 11.8 Å². The minimum atomic E-state index is 0.0204. The van der Waals surface area contributed by atoms with E-state index in [-0.39, 0.29) is 18.0 Å². The first kappa shape index (κ1) is 26.1. The van der Waals surface area contributed by atoms with Gasteiger partial charge < -0.3 is 5.32 Å². The van der Waals surface area contributed by atoms with Crippen molar-refractivity contribution in [3.63, 3.8) is 0 Å². The second-order valence-electron chi connectivity index (χ2n) is 11.7. The van der Waals surface area contributed by atoms with E-state index in [2.05, 4.69) is 152 Å². The predicted octanol–water partition coefficient (Wildman–Crippen LogP) is 9.98. The molecule has 4 heteroatoms. The van der Waals surface area contributed by atoms with Crippen LogP contribution in [0.4, 0.5) is 0 Å². The summed E-state index contributed by atoms with van der Waals surface area (Å²) < 4.78 is 2.41. The minimum absolute atomic E-state index is 0.0204. The first-order valence-corrected chi connectivity index (χ1v) is 15.9. The largest absolute Gasteiger partial charge is 0.348 e. The van der Waals surface area contributed by atoms with Crippen LogP contribution in [0.15, 0.2) is 136 Å². The van der Waals surface area contributed by atoms with Crippen LogP contribution in [0, 0.1) is 19.8 Å². The van der Waals surface area contributed by atoms with Crippen molar-refractivity contribution in [2.24, 2.45) is 10.9 Å². The zero-order valence-electron chi connectivity index (χ0n) is 24.6. The second kappa shape index (κ2) is 10.3. The van der Waals surface area contributed by atoms with Gasteiger partial charge in [0.1, 0.15) is 0 Å². The zero-order valence-corrected chi connectivity index (χ0v) is 25.4. The Hall–Kier alpha value is -4.54. The van der Waals surface area contributed by atoms with Crippen molar-refractivity contribution in [3.05, 3.63) is 144 Å². The minimum Gasteiger partial charge on any atom is -0.348 e. The molecule has 3 atom stereocenters. The summed E-state index contributed by atoms with van der Waals surface area (Å²) in [6.07, 6.45) is 0. The van der Waals surface area contributed by atoms with Crippen LogP contribution < -0.4 is 5.32 Å². The van der Waals surface area contributed by atoms with Gasteiger partial charge in [0.05, 0.1) is 17.8 Å². The fourth-order valence-electron chi connectivity index (χ4n) is 7.00. The molecule has 0 bridgehead atoms. The van der Waals surface area contributed by atoms with Crippen LogP contribution in [0.5, 0.6) is 0 Å². The van der Waals surface area contributed by atoms with Gasteiger partial charge in [-0.25, -0.2) is 4.99 Å². The lowest BCUT2D eigenvalue weighted by atomic mass is 9.84. The Labute approximate surface area is 257 Å². The normalized spacial score (nSPS) is 19.0. The van der Waals surface area contributed by atoms with Crippen molar-refractivity contribution in [2.45, 2.75) is 42.6 Å². The molecule has 0 amide bonds. The third kappa shape index (κ3) is 4.16. The van der Waals surface area contributed by atoms with Gasteiger partial charge in [-0.15, -0.1) is 0 Å². The van der Waals surface area contributed by atoms with Gasteiger partial charge >= 0.3 is 0 Å². The molecule has 2 aliphatic rings. The van der Waals surface area contributed by atoms with Crippen molar-refractivity contribution >= 4 is 28.5 Å². The highest BCUT2D eigenvalue weighted by molar-refractivity contribution is 7.99. The lowest BCUT2D eigenvalue weighted by Gasteiger charge is -2.37. The molecular weight excluding hydrogens is 543 g/mol. The summed E-state index contributed by atoms with van der Waals surface area (Å²) in [7, 11) is 0. The average molecular weight is 576 g/mol. The Morgan fingerprint density at radius 3 is 2.16 bits per heavy atom. The molecule has 1 aromatic heterocycles. The van der Waals surface area contributed by atoms with Gasteiger partial charge in [-0.2, -0.15) is 0 Å². The monoisotopic (exact) mass is 575 g/mol. The Bertz CT molecular complexity index is 2020. The van der Waals surface area contributed by atoms with Gasteiger partial charge in [0.2, 0.25) is 5.96 Å². The molecule has 3 unspecified atom stereocenters. The smallest absolute Gasteiger partial charge is 0.204 e. The molecule has 210 valence electrons. The van der Waals surface area contributed by atoms with Crippen LogP contribution in [0.1, 0.15) is 41.4 Å². The number of aliphatic imine (C=N–C) groups is 1. The van der Waals surface area contributed by atoms with Gasteiger partial charge in [0.15, 0.2) is 0 Å². The maximum Gasteiger partial charge on any atom is 0.204 e. The summed E-state index contributed by atoms with van der Waals surface area (Å²) >= 11 is 1.89. The van der Waals surface area contributed by atoms with Gasteiger partial charge in [-0.3, -0.25) is 4.57 Å². The lowest BCUT2D eigenvalue weighted by molar-refractivity contribution is 0.343. The van der Waals surface area contributed by atoms with Crippen molar-refractivity contribution in [1.29, 1.82) is 0 Å². The van der Waals surface area contributed by atoms with E-state index in [0.717, 1.165) is 5.96 Å². The van der Waals surface area contributed by atoms with Gasteiger partial charge in [-0.05, 0) is 52.9 Å². The lowest BCUT2D eigenvalue weighted by Crippen LogP contribution is -2.43. The van der Waals surface area contributed by atoms with Crippen molar-refractivity contribution in [2.75, 3.05) is 0 Å². The fraction of sp³-hybridized carbons (Fsp3) is 0.154. The standard InChI is InChI=1S/C39H33N3S/c1-24-26(3)42(39-40-35(28-15-6-4-7-16-28)25(2)36(41-39)29-17-8-5-9-18-29)37-31-20-12-13-21-33(31)43-38-30-19-11-10-14-27(30)22-23-32(38)34(24)37/h4-23,25,35-36H,1-3H3,(H,40,41). The third-order valence-electron chi connectivity index (χ3n) is 9.30. The number of hydrogen-bond donors (Lipinski definition) is 1. The second-order valence-corrected chi connectivity index (χ2v) is 12.8. The maximum absolute atomic E-state index is 5.53. The highest BCUT2D eigenvalue weighted by atomic mass is 32.2. The molecule has 43 heavy (non-hydrogen) atoms. The Kier molecular flexibility index (Phi) is 6.27. The molecular formula is C39H33N3S. The molecule has 0 aliphatic carbocycles. The van der Waals surface area contributed by atoms with Crippen molar-refractivity contribution in [3.8, 4) is 22.4 Å². The molecule has 3 nitrogen and oxygen atoms in total. The van der Waals surface area contributed by atoms with E-state index in [1.54, 1.807) is 0 Å². The number of hydrogen-bond acceptors (Lipinski definition) is 3. The summed E-state index contributed by atoms with van der Waals surface area (Å²) in [5, 5.41) is 6.52. The van der Waals surface area contributed by atoms with Crippen molar-refractivity contribution < 1.29 is 0 Å². The molecule has 0 fully saturated rings. The SMILES string of the molecule is Cc1c2c(n(C3=NC(c4ccccc4)C(C)C(c4ccccc4)N3)c1C)-c1ccccc1Sc1c-2ccc2ccccc12. The van der Waals surface area contributed by atoms with Crippen LogP contribution in [-0.4, -0.2) is 10.5 Å². The molecule has 0 radical (unpaired) electrons. The van der Waals surface area contributed by atoms with Gasteiger partial charge in [0.25, 0.3) is 0 Å². The third-order valence-corrected chi connectivity index (χ3v) is 10.5. The van der Waals surface area contributed by atoms with E-state index in [9.17, 15) is 0 Å². The summed E-state index contributed by atoms with van der Waals surface area (Å²) in [6, 6.07) is 44.0. The summed E-state index contributed by atoms with van der Waals surface area (Å²) in [5.74, 6) is 1.17. The number of nitrogens with zero attached hydrogens (tertiary/aromatic N) is 2. The van der Waals surface area contributed by atoms with E-state index in [4.69, 9.17) is 4.99 Å². The maximum atomic E-state index is 5.53. The Morgan fingerprint density at radius 2 is 1.37 bits per heavy atom. The van der Waals surface area contributed by atoms with E-state index in [1.807, 2.05) is 11.8 Å². The number of aromatic nitrogens is 1. The first-order valence-electron chi connectivity index (χ1n) is 15.1. The van der Waals surface area contributed by atoms with Crippen LogP contribution in [0.3, 0.4) is 0 Å². The van der Waals surface area contributed by atoms with E-state index in [0.29, 0.717) is 0 Å². The van der Waals surface area contributed by atoms with Crippen LogP contribution in [0.2, 0.25) is 0 Å². The van der Waals surface area contributed by atoms with Crippen molar-refractivity contribution in [1.82, 2.24) is 9.88 Å². The number of nitrogens with one attached hydrogen (secondary N) is 1. The molecule has 2 aliphatic heterocycles. The quantitative estimate of drug-likeness (QED) is 0.222. The number of fused-ring (bicyclic) bond motifs is 7. The molecule has 0 saturated carbocycles. The summed E-state index contributed by atoms with van der Waals surface area (Å²) in [5.41, 5.74) is 10.1. The molecule has 6 aromatic rings. The topological polar surface area (TPSA) is 29.3 Å². The van der Waals surface area contributed by atoms with E-state index < -0.39 is 0 Å². The van der Waals surface area contributed by atoms with Gasteiger partial charge in [-0.1, -0.05) is 134 Å². The van der Waals surface area contributed by atoms with Gasteiger partial charge in [0, 0.05) is 32.5 Å². The Morgan fingerprint density at radius 1 is 0.698 bits per heavy atom. The highest BCUT2D eigenvalue weighted by Gasteiger charge is 2.36. The molecule has 5 aromatic carbocycles. The Balaban J connectivity index is 1.41.